The Morgan fingerprint density at radius 3 is 2.39 bits per heavy atom. The Hall–Kier alpha value is -1.26. The SMILES string of the molecule is O=C(O)CCCNC(=O)Cc1c(Cl)cccc1Cl. The van der Waals surface area contributed by atoms with E-state index in [9.17, 15) is 9.59 Å². The Kier molecular flexibility index (Phi) is 5.95. The molecule has 1 amide bonds. The highest BCUT2D eigenvalue weighted by Crippen LogP contribution is 2.24. The normalized spacial score (nSPS) is 10.1. The van der Waals surface area contributed by atoms with Gasteiger partial charge in [0.05, 0.1) is 6.42 Å². The minimum atomic E-state index is -0.876. The molecule has 18 heavy (non-hydrogen) atoms. The van der Waals surface area contributed by atoms with Crippen LogP contribution in [-0.4, -0.2) is 23.5 Å². The highest BCUT2D eigenvalue weighted by Gasteiger charge is 2.10. The van der Waals surface area contributed by atoms with Crippen molar-refractivity contribution in [2.75, 3.05) is 6.54 Å². The summed E-state index contributed by atoms with van der Waals surface area (Å²) in [5, 5.41) is 12.0. The van der Waals surface area contributed by atoms with E-state index in [4.69, 9.17) is 28.3 Å². The molecule has 0 aliphatic carbocycles. The molecule has 0 atom stereocenters. The van der Waals surface area contributed by atoms with E-state index in [1.807, 2.05) is 0 Å². The number of halogens is 2. The molecule has 4 nitrogen and oxygen atoms in total. The maximum Gasteiger partial charge on any atom is 0.303 e. The van der Waals surface area contributed by atoms with Gasteiger partial charge in [0.2, 0.25) is 5.91 Å². The van der Waals surface area contributed by atoms with Crippen molar-refractivity contribution in [3.63, 3.8) is 0 Å². The van der Waals surface area contributed by atoms with Gasteiger partial charge >= 0.3 is 5.97 Å². The van der Waals surface area contributed by atoms with E-state index in [2.05, 4.69) is 5.32 Å². The fourth-order valence-corrected chi connectivity index (χ4v) is 1.92. The summed E-state index contributed by atoms with van der Waals surface area (Å²) < 4.78 is 0. The summed E-state index contributed by atoms with van der Waals surface area (Å²) in [6.45, 7) is 0.327. The Bertz CT molecular complexity index is 429. The van der Waals surface area contributed by atoms with Gasteiger partial charge in [-0.2, -0.15) is 0 Å². The van der Waals surface area contributed by atoms with Gasteiger partial charge in [-0.25, -0.2) is 0 Å². The van der Waals surface area contributed by atoms with Crippen LogP contribution < -0.4 is 5.32 Å². The average molecular weight is 290 g/mol. The van der Waals surface area contributed by atoms with Gasteiger partial charge in [0.15, 0.2) is 0 Å². The van der Waals surface area contributed by atoms with Gasteiger partial charge in [0.25, 0.3) is 0 Å². The van der Waals surface area contributed by atoms with E-state index in [1.165, 1.54) is 0 Å². The summed E-state index contributed by atoms with van der Waals surface area (Å²) in [5.41, 5.74) is 0.580. The highest BCUT2D eigenvalue weighted by atomic mass is 35.5. The van der Waals surface area contributed by atoms with E-state index < -0.39 is 5.97 Å². The molecule has 1 aromatic carbocycles. The number of nitrogens with one attached hydrogen (secondary N) is 1. The van der Waals surface area contributed by atoms with Crippen molar-refractivity contribution in [2.45, 2.75) is 19.3 Å². The minimum absolute atomic E-state index is 0.0349. The van der Waals surface area contributed by atoms with Crippen LogP contribution in [-0.2, 0) is 16.0 Å². The van der Waals surface area contributed by atoms with Crippen molar-refractivity contribution in [2.24, 2.45) is 0 Å². The number of carboxylic acid groups (broad SMARTS) is 1. The van der Waals surface area contributed by atoms with Crippen LogP contribution >= 0.6 is 23.2 Å². The summed E-state index contributed by atoms with van der Waals surface area (Å²) in [5.74, 6) is -1.10. The summed E-state index contributed by atoms with van der Waals surface area (Å²) in [6, 6.07) is 5.04. The second-order valence-electron chi connectivity index (χ2n) is 3.72. The molecule has 0 saturated carbocycles. The van der Waals surface area contributed by atoms with Gasteiger partial charge in [-0.15, -0.1) is 0 Å². The molecular formula is C12H13Cl2NO3. The lowest BCUT2D eigenvalue weighted by molar-refractivity contribution is -0.137. The lowest BCUT2D eigenvalue weighted by Crippen LogP contribution is -2.26. The smallest absolute Gasteiger partial charge is 0.303 e. The van der Waals surface area contributed by atoms with E-state index in [0.717, 1.165) is 0 Å². The standard InChI is InChI=1S/C12H13Cl2NO3/c13-9-3-1-4-10(14)8(9)7-11(16)15-6-2-5-12(17)18/h1,3-4H,2,5-7H2,(H,15,16)(H,17,18). The first-order valence-corrected chi connectivity index (χ1v) is 6.17. The molecule has 2 N–H and O–H groups in total. The maximum absolute atomic E-state index is 11.6. The van der Waals surface area contributed by atoms with Gasteiger partial charge in [0.1, 0.15) is 0 Å². The Morgan fingerprint density at radius 1 is 1.22 bits per heavy atom. The molecule has 0 aromatic heterocycles. The zero-order valence-electron chi connectivity index (χ0n) is 9.58. The zero-order valence-corrected chi connectivity index (χ0v) is 11.1. The number of aliphatic carboxylic acids is 1. The topological polar surface area (TPSA) is 66.4 Å². The molecule has 6 heteroatoms. The van der Waals surface area contributed by atoms with E-state index >= 15 is 0 Å². The largest absolute Gasteiger partial charge is 0.481 e. The van der Waals surface area contributed by atoms with E-state index in [0.29, 0.717) is 28.6 Å². The van der Waals surface area contributed by atoms with Gasteiger partial charge in [0, 0.05) is 23.0 Å². The van der Waals surface area contributed by atoms with Crippen molar-refractivity contribution in [3.05, 3.63) is 33.8 Å². The first-order valence-electron chi connectivity index (χ1n) is 5.42. The lowest BCUT2D eigenvalue weighted by atomic mass is 10.1. The van der Waals surface area contributed by atoms with Gasteiger partial charge in [-0.3, -0.25) is 9.59 Å². The Balaban J connectivity index is 2.43. The Morgan fingerprint density at radius 2 is 1.83 bits per heavy atom. The van der Waals surface area contributed by atoms with Crippen LogP contribution in [0.15, 0.2) is 18.2 Å². The second kappa shape index (κ2) is 7.24. The molecule has 0 radical (unpaired) electrons. The van der Waals surface area contributed by atoms with Crippen LogP contribution in [0.5, 0.6) is 0 Å². The van der Waals surface area contributed by atoms with Crippen molar-refractivity contribution < 1.29 is 14.7 Å². The molecule has 0 aliphatic rings. The van der Waals surface area contributed by atoms with Crippen molar-refractivity contribution in [1.29, 1.82) is 0 Å². The van der Waals surface area contributed by atoms with Crippen LogP contribution in [0.1, 0.15) is 18.4 Å². The third-order valence-electron chi connectivity index (χ3n) is 2.29. The first kappa shape index (κ1) is 14.8. The van der Waals surface area contributed by atoms with Crippen LogP contribution in [0, 0.1) is 0 Å². The Labute approximate surface area is 115 Å². The molecule has 0 heterocycles. The summed E-state index contributed by atoms with van der Waals surface area (Å²) >= 11 is 11.9. The molecule has 0 fully saturated rings. The second-order valence-corrected chi connectivity index (χ2v) is 4.54. The molecule has 0 aliphatic heterocycles. The third kappa shape index (κ3) is 4.94. The average Bonchev–Trinajstić information content (AvgIpc) is 2.29. The van der Waals surface area contributed by atoms with Crippen LogP contribution in [0.4, 0.5) is 0 Å². The minimum Gasteiger partial charge on any atom is -0.481 e. The van der Waals surface area contributed by atoms with Gasteiger partial charge in [-0.1, -0.05) is 29.3 Å². The quantitative estimate of drug-likeness (QED) is 0.791. The van der Waals surface area contributed by atoms with Gasteiger partial charge < -0.3 is 10.4 Å². The van der Waals surface area contributed by atoms with Crippen LogP contribution in [0.25, 0.3) is 0 Å². The molecule has 0 saturated heterocycles. The molecule has 0 unspecified atom stereocenters. The zero-order chi connectivity index (χ0) is 13.5. The first-order chi connectivity index (χ1) is 8.50. The monoisotopic (exact) mass is 289 g/mol. The number of hydrogen-bond donors (Lipinski definition) is 2. The van der Waals surface area contributed by atoms with Crippen molar-refractivity contribution in [3.8, 4) is 0 Å². The summed E-state index contributed by atoms with van der Waals surface area (Å²) in [4.78, 5) is 21.9. The summed E-state index contributed by atoms with van der Waals surface area (Å²) in [6.07, 6.45) is 0.524. The number of benzene rings is 1. The maximum atomic E-state index is 11.6. The molecule has 1 rings (SSSR count). The predicted octanol–water partition coefficient (Wildman–Crippen LogP) is 2.52. The summed E-state index contributed by atoms with van der Waals surface area (Å²) in [7, 11) is 0. The predicted molar refractivity (Wildman–Crippen MR) is 70.0 cm³/mol. The van der Waals surface area contributed by atoms with Crippen molar-refractivity contribution in [1.82, 2.24) is 5.32 Å². The fraction of sp³-hybridized carbons (Fsp3) is 0.333. The number of rotatable bonds is 6. The lowest BCUT2D eigenvalue weighted by Gasteiger charge is -2.07. The number of carbonyl (C=O) groups is 2. The highest BCUT2D eigenvalue weighted by molar-refractivity contribution is 6.36. The molecule has 0 spiro atoms. The molecular weight excluding hydrogens is 277 g/mol. The third-order valence-corrected chi connectivity index (χ3v) is 3.00. The van der Waals surface area contributed by atoms with Crippen LogP contribution in [0.3, 0.4) is 0 Å². The van der Waals surface area contributed by atoms with E-state index in [-0.39, 0.29) is 18.7 Å². The van der Waals surface area contributed by atoms with Crippen molar-refractivity contribution >= 4 is 35.1 Å². The molecule has 0 bridgehead atoms. The van der Waals surface area contributed by atoms with Crippen LogP contribution in [0.2, 0.25) is 10.0 Å². The number of hydrogen-bond acceptors (Lipinski definition) is 2. The number of amides is 1. The molecule has 98 valence electrons. The number of carboxylic acids is 1. The fourth-order valence-electron chi connectivity index (χ4n) is 1.39. The number of carbonyl (C=O) groups excluding carboxylic acids is 1. The molecule has 1 aromatic rings. The van der Waals surface area contributed by atoms with E-state index in [1.54, 1.807) is 18.2 Å². The van der Waals surface area contributed by atoms with Gasteiger partial charge in [-0.05, 0) is 24.1 Å².